The van der Waals surface area contributed by atoms with Gasteiger partial charge >= 0.3 is 5.97 Å². The normalized spacial score (nSPS) is 11.0. The molecule has 3 aromatic heterocycles. The van der Waals surface area contributed by atoms with Crippen molar-refractivity contribution in [2.45, 2.75) is 13.3 Å². The minimum Gasteiger partial charge on any atom is -0.464 e. The highest BCUT2D eigenvalue weighted by Crippen LogP contribution is 2.27. The van der Waals surface area contributed by atoms with Crippen LogP contribution in [0.2, 0.25) is 0 Å². The van der Waals surface area contributed by atoms with Crippen molar-refractivity contribution in [1.82, 2.24) is 9.97 Å². The van der Waals surface area contributed by atoms with E-state index in [9.17, 15) is 4.79 Å². The average Bonchev–Trinajstić information content (AvgIpc) is 3.30. The van der Waals surface area contributed by atoms with Crippen LogP contribution in [0.3, 0.4) is 0 Å². The summed E-state index contributed by atoms with van der Waals surface area (Å²) in [5.41, 5.74) is 4.80. The Hall–Kier alpha value is -2.99. The van der Waals surface area contributed by atoms with Crippen LogP contribution in [-0.4, -0.2) is 23.0 Å². The maximum Gasteiger partial charge on any atom is 0.356 e. The van der Waals surface area contributed by atoms with Crippen molar-refractivity contribution < 1.29 is 13.9 Å². The summed E-state index contributed by atoms with van der Waals surface area (Å²) < 4.78 is 10.4. The second-order valence-electron chi connectivity index (χ2n) is 5.91. The first kappa shape index (κ1) is 16.5. The number of carbonyl (C=O) groups is 1. The first-order chi connectivity index (χ1) is 12.6. The van der Waals surface area contributed by atoms with Crippen LogP contribution in [0.1, 0.15) is 26.6 Å². The molecule has 0 fully saturated rings. The standard InChI is InChI=1S/C20H16N2O3S/c1-12-21-11-18(26-12)14-5-3-13(4-6-14)9-15-10-17(20(23)24-2)22-16-7-8-25-19(15)16/h3-8,10-11H,9H2,1-2H3. The number of aromatic nitrogens is 2. The molecule has 3 heterocycles. The predicted molar refractivity (Wildman–Crippen MR) is 100 cm³/mol. The summed E-state index contributed by atoms with van der Waals surface area (Å²) in [6.45, 7) is 2.00. The SMILES string of the molecule is COC(=O)c1cc(Cc2ccc(-c3cnc(C)s3)cc2)c2occc2n1. The summed E-state index contributed by atoms with van der Waals surface area (Å²) in [6, 6.07) is 11.8. The number of pyridine rings is 1. The first-order valence-electron chi connectivity index (χ1n) is 8.11. The van der Waals surface area contributed by atoms with Crippen molar-refractivity contribution >= 4 is 28.4 Å². The molecule has 0 unspecified atom stereocenters. The summed E-state index contributed by atoms with van der Waals surface area (Å²) in [4.78, 5) is 21.6. The zero-order valence-electron chi connectivity index (χ0n) is 14.4. The van der Waals surface area contributed by atoms with Crippen LogP contribution >= 0.6 is 11.3 Å². The number of carbonyl (C=O) groups excluding carboxylic acids is 1. The first-order valence-corrected chi connectivity index (χ1v) is 8.93. The lowest BCUT2D eigenvalue weighted by atomic mass is 10.0. The summed E-state index contributed by atoms with van der Waals surface area (Å²) >= 11 is 1.68. The lowest BCUT2D eigenvalue weighted by Crippen LogP contribution is -2.05. The van der Waals surface area contributed by atoms with Gasteiger partial charge in [0.15, 0.2) is 5.58 Å². The zero-order valence-corrected chi connectivity index (χ0v) is 15.2. The lowest BCUT2D eigenvalue weighted by Gasteiger charge is -2.06. The molecule has 0 saturated heterocycles. The van der Waals surface area contributed by atoms with Crippen LogP contribution in [0.5, 0.6) is 0 Å². The molecule has 4 rings (SSSR count). The Morgan fingerprint density at radius 2 is 2.04 bits per heavy atom. The van der Waals surface area contributed by atoms with Crippen LogP contribution in [0, 0.1) is 6.92 Å². The number of hydrogen-bond acceptors (Lipinski definition) is 6. The van der Waals surface area contributed by atoms with E-state index < -0.39 is 5.97 Å². The highest BCUT2D eigenvalue weighted by molar-refractivity contribution is 7.15. The van der Waals surface area contributed by atoms with Gasteiger partial charge in [0, 0.05) is 24.2 Å². The number of esters is 1. The third-order valence-corrected chi connectivity index (χ3v) is 5.10. The van der Waals surface area contributed by atoms with Crippen molar-refractivity contribution in [3.05, 3.63) is 70.7 Å². The summed E-state index contributed by atoms with van der Waals surface area (Å²) in [6.07, 6.45) is 4.11. The maximum absolute atomic E-state index is 11.9. The molecule has 0 N–H and O–H groups in total. The Balaban J connectivity index is 1.66. The van der Waals surface area contributed by atoms with E-state index in [-0.39, 0.29) is 5.69 Å². The number of nitrogens with zero attached hydrogens (tertiary/aromatic N) is 2. The van der Waals surface area contributed by atoms with Crippen LogP contribution in [0.25, 0.3) is 21.5 Å². The van der Waals surface area contributed by atoms with Gasteiger partial charge in [-0.1, -0.05) is 24.3 Å². The molecular formula is C20H16N2O3S. The van der Waals surface area contributed by atoms with Crippen LogP contribution in [-0.2, 0) is 11.2 Å². The molecule has 1 aromatic carbocycles. The fourth-order valence-electron chi connectivity index (χ4n) is 2.87. The van der Waals surface area contributed by atoms with Gasteiger partial charge in [-0.15, -0.1) is 11.3 Å². The van der Waals surface area contributed by atoms with Crippen molar-refractivity contribution in [3.63, 3.8) is 0 Å². The second kappa shape index (κ2) is 6.72. The molecule has 0 radical (unpaired) electrons. The number of methoxy groups -OCH3 is 1. The molecule has 6 heteroatoms. The third-order valence-electron chi connectivity index (χ3n) is 4.14. The van der Waals surface area contributed by atoms with E-state index in [0.717, 1.165) is 26.6 Å². The van der Waals surface area contributed by atoms with Crippen LogP contribution in [0.4, 0.5) is 0 Å². The van der Waals surface area contributed by atoms with Crippen LogP contribution in [0.15, 0.2) is 53.3 Å². The van der Waals surface area contributed by atoms with Gasteiger partial charge in [0.1, 0.15) is 11.2 Å². The van der Waals surface area contributed by atoms with Gasteiger partial charge in [-0.05, 0) is 24.1 Å². The van der Waals surface area contributed by atoms with Crippen molar-refractivity contribution in [2.24, 2.45) is 0 Å². The number of aryl methyl sites for hydroxylation is 1. The van der Waals surface area contributed by atoms with Gasteiger partial charge in [-0.3, -0.25) is 0 Å². The Bertz CT molecular complexity index is 1080. The van der Waals surface area contributed by atoms with E-state index in [1.807, 2.05) is 13.1 Å². The molecule has 0 aliphatic carbocycles. The molecule has 0 amide bonds. The number of benzene rings is 1. The Kier molecular flexibility index (Phi) is 4.26. The fraction of sp³-hybridized carbons (Fsp3) is 0.150. The van der Waals surface area contributed by atoms with E-state index in [4.69, 9.17) is 9.15 Å². The molecule has 0 spiro atoms. The quantitative estimate of drug-likeness (QED) is 0.494. The topological polar surface area (TPSA) is 65.2 Å². The molecule has 0 saturated carbocycles. The summed E-state index contributed by atoms with van der Waals surface area (Å²) in [5, 5.41) is 1.05. The zero-order chi connectivity index (χ0) is 18.1. The van der Waals surface area contributed by atoms with Crippen molar-refractivity contribution in [2.75, 3.05) is 7.11 Å². The second-order valence-corrected chi connectivity index (χ2v) is 7.15. The molecule has 26 heavy (non-hydrogen) atoms. The van der Waals surface area contributed by atoms with Gasteiger partial charge < -0.3 is 9.15 Å². The van der Waals surface area contributed by atoms with Gasteiger partial charge in [-0.2, -0.15) is 0 Å². The van der Waals surface area contributed by atoms with E-state index >= 15 is 0 Å². The number of fused-ring (bicyclic) bond motifs is 1. The molecule has 0 bridgehead atoms. The van der Waals surface area contributed by atoms with E-state index in [2.05, 4.69) is 34.2 Å². The van der Waals surface area contributed by atoms with Crippen molar-refractivity contribution in [1.29, 1.82) is 0 Å². The largest absolute Gasteiger partial charge is 0.464 e. The summed E-state index contributed by atoms with van der Waals surface area (Å²) in [5.74, 6) is -0.453. The number of furan rings is 1. The molecule has 0 atom stereocenters. The minimum atomic E-state index is -0.453. The maximum atomic E-state index is 11.9. The van der Waals surface area contributed by atoms with E-state index in [1.165, 1.54) is 7.11 Å². The summed E-state index contributed by atoms with van der Waals surface area (Å²) in [7, 11) is 1.35. The number of hydrogen-bond donors (Lipinski definition) is 0. The van der Waals surface area contributed by atoms with Gasteiger partial charge in [0.25, 0.3) is 0 Å². The molecule has 130 valence electrons. The highest BCUT2D eigenvalue weighted by atomic mass is 32.1. The number of ether oxygens (including phenoxy) is 1. The highest BCUT2D eigenvalue weighted by Gasteiger charge is 2.15. The average molecular weight is 364 g/mol. The predicted octanol–water partition coefficient (Wildman–Crippen LogP) is 4.64. The van der Waals surface area contributed by atoms with Gasteiger partial charge in [-0.25, -0.2) is 14.8 Å². The minimum absolute atomic E-state index is 0.285. The van der Waals surface area contributed by atoms with Gasteiger partial charge in [0.2, 0.25) is 0 Å². The number of rotatable bonds is 4. The van der Waals surface area contributed by atoms with Crippen molar-refractivity contribution in [3.8, 4) is 10.4 Å². The third kappa shape index (κ3) is 3.11. The fourth-order valence-corrected chi connectivity index (χ4v) is 3.65. The molecule has 0 aliphatic heterocycles. The smallest absolute Gasteiger partial charge is 0.356 e. The van der Waals surface area contributed by atoms with E-state index in [1.54, 1.807) is 29.7 Å². The Labute approximate surface area is 154 Å². The Morgan fingerprint density at radius 1 is 1.23 bits per heavy atom. The van der Waals surface area contributed by atoms with E-state index in [0.29, 0.717) is 17.5 Å². The van der Waals surface area contributed by atoms with Crippen LogP contribution < -0.4 is 0 Å². The Morgan fingerprint density at radius 3 is 2.73 bits per heavy atom. The number of thiazole rings is 1. The molecule has 5 nitrogen and oxygen atoms in total. The molecule has 4 aromatic rings. The monoisotopic (exact) mass is 364 g/mol. The lowest BCUT2D eigenvalue weighted by molar-refractivity contribution is 0.0594. The molecule has 0 aliphatic rings. The van der Waals surface area contributed by atoms with Gasteiger partial charge in [0.05, 0.1) is 23.3 Å². The molecular weight excluding hydrogens is 348 g/mol.